The molecule has 2 aromatic rings. The molecular weight excluding hydrogens is 392 g/mol. The zero-order valence-corrected chi connectivity index (χ0v) is 19.0. The lowest BCUT2D eigenvalue weighted by atomic mass is 10.00. The van der Waals surface area contributed by atoms with Gasteiger partial charge in [-0.05, 0) is 41.7 Å². The Kier molecular flexibility index (Phi) is 7.97. The highest BCUT2D eigenvalue weighted by Gasteiger charge is 2.35. The zero-order chi connectivity index (χ0) is 21.5. The number of hydrogen-bond acceptors (Lipinski definition) is 3. The lowest BCUT2D eigenvalue weighted by Gasteiger charge is -2.27. The van der Waals surface area contributed by atoms with Gasteiger partial charge < -0.3 is 5.32 Å². The van der Waals surface area contributed by atoms with Crippen LogP contribution < -0.4 is 10.2 Å². The average Bonchev–Trinajstić information content (AvgIpc) is 3.13. The number of hydrogen-bond donors (Lipinski definition) is 1. The molecule has 3 rings (SSSR count). The van der Waals surface area contributed by atoms with Crippen LogP contribution in [-0.4, -0.2) is 17.6 Å². The number of nitrogens with one attached hydrogen (secondary N) is 1. The molecule has 1 heterocycles. The maximum Gasteiger partial charge on any atom is 0.238 e. The van der Waals surface area contributed by atoms with E-state index in [0.717, 1.165) is 29.8 Å². The van der Waals surface area contributed by atoms with Gasteiger partial charge in [0.05, 0.1) is 5.75 Å². The second kappa shape index (κ2) is 10.7. The number of para-hydroxylation sites is 1. The minimum absolute atomic E-state index is 0.0452. The van der Waals surface area contributed by atoms with Gasteiger partial charge in [0.2, 0.25) is 11.8 Å². The number of carbonyl (C=O) groups is 2. The van der Waals surface area contributed by atoms with Gasteiger partial charge in [-0.3, -0.25) is 14.5 Å². The van der Waals surface area contributed by atoms with Crippen molar-refractivity contribution in [3.8, 4) is 0 Å². The summed E-state index contributed by atoms with van der Waals surface area (Å²) in [6.45, 7) is 6.48. The van der Waals surface area contributed by atoms with E-state index in [1.165, 1.54) is 18.4 Å². The maximum absolute atomic E-state index is 12.7. The largest absolute Gasteiger partial charge is 0.326 e. The normalized spacial score (nSPS) is 16.3. The minimum atomic E-state index is -0.0452. The molecule has 0 radical (unpaired) electrons. The monoisotopic (exact) mass is 424 g/mol. The van der Waals surface area contributed by atoms with E-state index in [1.807, 2.05) is 47.4 Å². The molecule has 2 amide bonds. The number of anilines is 2. The fourth-order valence-corrected chi connectivity index (χ4v) is 4.96. The average molecular weight is 425 g/mol. The van der Waals surface area contributed by atoms with E-state index in [9.17, 15) is 9.59 Å². The van der Waals surface area contributed by atoms with Crippen LogP contribution in [0.3, 0.4) is 0 Å². The fraction of sp³-hybridized carbons (Fsp3) is 0.440. The van der Waals surface area contributed by atoms with Crippen molar-refractivity contribution < 1.29 is 9.59 Å². The zero-order valence-electron chi connectivity index (χ0n) is 18.2. The van der Waals surface area contributed by atoms with Crippen molar-refractivity contribution >= 4 is 35.0 Å². The molecule has 1 aliphatic heterocycles. The number of amides is 2. The summed E-state index contributed by atoms with van der Waals surface area (Å²) in [6.07, 6.45) is 4.94. The molecule has 0 unspecified atom stereocenters. The van der Waals surface area contributed by atoms with Gasteiger partial charge >= 0.3 is 0 Å². The third kappa shape index (κ3) is 5.45. The van der Waals surface area contributed by atoms with Crippen molar-refractivity contribution in [1.82, 2.24) is 0 Å². The smallest absolute Gasteiger partial charge is 0.238 e. The predicted molar refractivity (Wildman–Crippen MR) is 127 cm³/mol. The summed E-state index contributed by atoms with van der Waals surface area (Å²) >= 11 is 1.65. The van der Waals surface area contributed by atoms with Crippen LogP contribution in [-0.2, 0) is 9.59 Å². The van der Waals surface area contributed by atoms with Gasteiger partial charge in [0.25, 0.3) is 0 Å². The van der Waals surface area contributed by atoms with E-state index in [0.29, 0.717) is 18.1 Å². The first-order chi connectivity index (χ1) is 14.5. The highest BCUT2D eigenvalue weighted by Crippen LogP contribution is 2.44. The Morgan fingerprint density at radius 3 is 2.53 bits per heavy atom. The first-order valence-electron chi connectivity index (χ1n) is 10.9. The Labute approximate surface area is 184 Å². The standard InChI is InChI=1S/C25H32N2O2S/c1-4-5-6-7-12-23(28)26-20-15-13-19(14-16-20)25-27(24(29)17-30-25)22-11-9-8-10-21(22)18(2)3/h8-11,13-16,18,25H,4-7,12,17H2,1-3H3,(H,26,28)/t25-/m0/s1. The summed E-state index contributed by atoms with van der Waals surface area (Å²) in [7, 11) is 0. The molecular formula is C25H32N2O2S. The Balaban J connectivity index is 1.71. The number of unbranched alkanes of at least 4 members (excludes halogenated alkanes) is 3. The summed E-state index contributed by atoms with van der Waals surface area (Å²) in [5.41, 5.74) is 4.07. The summed E-state index contributed by atoms with van der Waals surface area (Å²) in [5.74, 6) is 1.03. The Bertz CT molecular complexity index is 864. The highest BCUT2D eigenvalue weighted by atomic mass is 32.2. The van der Waals surface area contributed by atoms with E-state index in [2.05, 4.69) is 32.2 Å². The quantitative estimate of drug-likeness (QED) is 0.468. The van der Waals surface area contributed by atoms with E-state index in [4.69, 9.17) is 0 Å². The van der Waals surface area contributed by atoms with Gasteiger partial charge in [0.15, 0.2) is 0 Å². The number of carbonyl (C=O) groups excluding carboxylic acids is 2. The molecule has 0 aromatic heterocycles. The molecule has 1 fully saturated rings. The molecule has 4 nitrogen and oxygen atoms in total. The third-order valence-corrected chi connectivity index (χ3v) is 6.64. The lowest BCUT2D eigenvalue weighted by Crippen LogP contribution is -2.29. The van der Waals surface area contributed by atoms with Gasteiger partial charge in [0, 0.05) is 17.8 Å². The van der Waals surface area contributed by atoms with Gasteiger partial charge in [-0.1, -0.05) is 70.4 Å². The fourth-order valence-electron chi connectivity index (χ4n) is 3.79. The third-order valence-electron chi connectivity index (χ3n) is 5.42. The number of rotatable bonds is 9. The molecule has 0 saturated carbocycles. The van der Waals surface area contributed by atoms with Crippen LogP contribution in [0.1, 0.15) is 75.3 Å². The van der Waals surface area contributed by atoms with Crippen LogP contribution in [0.15, 0.2) is 48.5 Å². The van der Waals surface area contributed by atoms with Crippen molar-refractivity contribution in [2.45, 2.75) is 64.2 Å². The summed E-state index contributed by atoms with van der Waals surface area (Å²) < 4.78 is 0. The van der Waals surface area contributed by atoms with E-state index < -0.39 is 0 Å². The molecule has 160 valence electrons. The van der Waals surface area contributed by atoms with Crippen LogP contribution in [0.5, 0.6) is 0 Å². The van der Waals surface area contributed by atoms with E-state index in [-0.39, 0.29) is 17.2 Å². The van der Waals surface area contributed by atoms with Crippen molar-refractivity contribution in [2.24, 2.45) is 0 Å². The van der Waals surface area contributed by atoms with Crippen molar-refractivity contribution in [1.29, 1.82) is 0 Å². The Morgan fingerprint density at radius 2 is 1.83 bits per heavy atom. The molecule has 30 heavy (non-hydrogen) atoms. The van der Waals surface area contributed by atoms with Crippen LogP contribution in [0.25, 0.3) is 0 Å². The van der Waals surface area contributed by atoms with Crippen molar-refractivity contribution in [3.05, 3.63) is 59.7 Å². The van der Waals surface area contributed by atoms with Crippen molar-refractivity contribution in [3.63, 3.8) is 0 Å². The van der Waals surface area contributed by atoms with Gasteiger partial charge in [-0.25, -0.2) is 0 Å². The van der Waals surface area contributed by atoms with Crippen molar-refractivity contribution in [2.75, 3.05) is 16.0 Å². The molecule has 1 aliphatic rings. The number of thioether (sulfide) groups is 1. The Hall–Kier alpha value is -2.27. The first kappa shape index (κ1) is 22.4. The van der Waals surface area contributed by atoms with Crippen LogP contribution in [0.4, 0.5) is 11.4 Å². The maximum atomic E-state index is 12.7. The van der Waals surface area contributed by atoms with Crippen LogP contribution in [0, 0.1) is 0 Å². The Morgan fingerprint density at radius 1 is 1.10 bits per heavy atom. The van der Waals surface area contributed by atoms with E-state index in [1.54, 1.807) is 11.8 Å². The molecule has 2 aromatic carbocycles. The van der Waals surface area contributed by atoms with Crippen LogP contribution in [0.2, 0.25) is 0 Å². The highest BCUT2D eigenvalue weighted by molar-refractivity contribution is 8.00. The minimum Gasteiger partial charge on any atom is -0.326 e. The SMILES string of the molecule is CCCCCCC(=O)Nc1ccc([C@@H]2SCC(=O)N2c2ccccc2C(C)C)cc1. The predicted octanol–water partition coefficient (Wildman–Crippen LogP) is 6.50. The second-order valence-electron chi connectivity index (χ2n) is 8.12. The summed E-state index contributed by atoms with van der Waals surface area (Å²) in [4.78, 5) is 26.8. The molecule has 1 atom stereocenters. The first-order valence-corrected chi connectivity index (χ1v) is 12.0. The molecule has 5 heteroatoms. The molecule has 0 bridgehead atoms. The summed E-state index contributed by atoms with van der Waals surface area (Å²) in [6, 6.07) is 16.1. The summed E-state index contributed by atoms with van der Waals surface area (Å²) in [5, 5.41) is 2.94. The van der Waals surface area contributed by atoms with Gasteiger partial charge in [-0.2, -0.15) is 0 Å². The second-order valence-corrected chi connectivity index (χ2v) is 9.19. The topological polar surface area (TPSA) is 49.4 Å². The van der Waals surface area contributed by atoms with Gasteiger partial charge in [0.1, 0.15) is 5.37 Å². The van der Waals surface area contributed by atoms with Gasteiger partial charge in [-0.15, -0.1) is 11.8 Å². The molecule has 1 N–H and O–H groups in total. The number of benzene rings is 2. The van der Waals surface area contributed by atoms with E-state index >= 15 is 0 Å². The number of nitrogens with zero attached hydrogens (tertiary/aromatic N) is 1. The van der Waals surface area contributed by atoms with Crippen LogP contribution >= 0.6 is 11.8 Å². The molecule has 0 aliphatic carbocycles. The lowest BCUT2D eigenvalue weighted by molar-refractivity contribution is -0.116. The molecule has 1 saturated heterocycles. The molecule has 0 spiro atoms.